The summed E-state index contributed by atoms with van der Waals surface area (Å²) in [5.74, 6) is -4.70. The van der Waals surface area contributed by atoms with Crippen molar-refractivity contribution >= 4 is 182 Å². The zero-order chi connectivity index (χ0) is 47.0. The van der Waals surface area contributed by atoms with E-state index in [4.69, 9.17) is 9.47 Å². The van der Waals surface area contributed by atoms with Gasteiger partial charge in [-0.05, 0) is 136 Å². The smallest absolute Gasteiger partial charge is 0.253 e. The third kappa shape index (κ3) is 16.1. The molecule has 0 radical (unpaired) electrons. The molecule has 0 bridgehead atoms. The largest absolute Gasteiger partial charge is 0.394 e. The van der Waals surface area contributed by atoms with Crippen LogP contribution in [0.3, 0.4) is 0 Å². The third-order valence-corrected chi connectivity index (χ3v) is 14.5. The van der Waals surface area contributed by atoms with Crippen LogP contribution in [-0.2, 0) is 19.1 Å². The van der Waals surface area contributed by atoms with Gasteiger partial charge in [0, 0.05) is 56.7 Å². The molecule has 0 heterocycles. The van der Waals surface area contributed by atoms with Gasteiger partial charge >= 0.3 is 0 Å². The molecule has 12 N–H and O–H groups in total. The van der Waals surface area contributed by atoms with E-state index in [0.29, 0.717) is 0 Å². The van der Waals surface area contributed by atoms with Crippen LogP contribution in [0.25, 0.3) is 0 Å². The average Bonchev–Trinajstić information content (AvgIpc) is 3.22. The quantitative estimate of drug-likeness (QED) is 0.0418. The second-order valence-electron chi connectivity index (χ2n) is 12.9. The molecule has 62 heavy (non-hydrogen) atoms. The summed E-state index contributed by atoms with van der Waals surface area (Å²) in [7, 11) is 2.66. The lowest BCUT2D eigenvalue weighted by atomic mass is 10.0. The summed E-state index contributed by atoms with van der Waals surface area (Å²) in [5, 5.41) is 81.2. The summed E-state index contributed by atoms with van der Waals surface area (Å²) in [4.78, 5) is 84.5. The molecule has 0 aromatic heterocycles. The maximum Gasteiger partial charge on any atom is 0.253 e. The molecule has 21 nitrogen and oxygen atoms in total. The van der Waals surface area contributed by atoms with Crippen LogP contribution in [0.1, 0.15) is 41.4 Å². The lowest BCUT2D eigenvalue weighted by molar-refractivity contribution is -0.119. The second-order valence-corrected chi connectivity index (χ2v) is 19.3. The molecular weight excluding hydrogens is 1510 g/mol. The number of ether oxygens (including phenoxy) is 2. The number of hydrogen-bond donors (Lipinski definition) is 12. The second kappa shape index (κ2) is 28.6. The van der Waals surface area contributed by atoms with Crippen LogP contribution in [0, 0.1) is 21.4 Å². The predicted octanol–water partition coefficient (Wildman–Crippen LogP) is -1.04. The molecule has 2 rings (SSSR count). The van der Waals surface area contributed by atoms with Gasteiger partial charge in [0.15, 0.2) is 5.78 Å². The number of ketones is 1. The first-order valence-corrected chi connectivity index (χ1v) is 24.3. The number of aliphatic hydroxyl groups is 7. The van der Waals surface area contributed by atoms with Crippen molar-refractivity contribution in [2.75, 3.05) is 96.7 Å². The minimum absolute atomic E-state index is 0.0445. The topological polar surface area (TPSA) is 326 Å². The Hall–Kier alpha value is -0.560. The van der Waals surface area contributed by atoms with E-state index in [1.807, 2.05) is 45.2 Å². The summed E-state index contributed by atoms with van der Waals surface area (Å²) in [5.41, 5.74) is -0.618. The highest BCUT2D eigenvalue weighted by Gasteiger charge is 2.35. The highest BCUT2D eigenvalue weighted by Crippen LogP contribution is 2.40. The molecule has 4 atom stereocenters. The summed E-state index contributed by atoms with van der Waals surface area (Å²) in [6, 6.07) is 0. The number of benzene rings is 2. The van der Waals surface area contributed by atoms with Gasteiger partial charge in [-0.1, -0.05) is 0 Å². The summed E-state index contributed by atoms with van der Waals surface area (Å²) in [6.07, 6.45) is -5.07. The van der Waals surface area contributed by atoms with Crippen molar-refractivity contribution in [3.63, 3.8) is 0 Å². The van der Waals surface area contributed by atoms with Gasteiger partial charge in [-0.2, -0.15) is 0 Å². The van der Waals surface area contributed by atoms with Crippen molar-refractivity contribution in [2.45, 2.75) is 24.4 Å². The van der Waals surface area contributed by atoms with Crippen molar-refractivity contribution in [1.29, 1.82) is 0 Å². The number of nitrogens with one attached hydrogen (secondary N) is 5. The first-order chi connectivity index (χ1) is 29.2. The average molecular weight is 1550 g/mol. The maximum atomic E-state index is 14.9. The molecule has 2 aromatic rings. The molecule has 2 aromatic carbocycles. The fourth-order valence-electron chi connectivity index (χ4n) is 5.11. The van der Waals surface area contributed by atoms with Gasteiger partial charge in [-0.3, -0.25) is 28.8 Å². The molecule has 0 aliphatic rings. The maximum absolute atomic E-state index is 14.9. The Morgan fingerprint density at radius 2 is 1.00 bits per heavy atom. The van der Waals surface area contributed by atoms with Gasteiger partial charge in [0.25, 0.3) is 17.7 Å². The lowest BCUT2D eigenvalue weighted by Gasteiger charge is -2.29. The summed E-state index contributed by atoms with van der Waals surface area (Å²) >= 11 is 10.7. The van der Waals surface area contributed by atoms with E-state index in [9.17, 15) is 64.5 Å². The van der Waals surface area contributed by atoms with Crippen LogP contribution in [0.5, 0.6) is 0 Å². The molecular formula is C35H44I6N6O15. The number of aliphatic hydroxyl groups excluding tert-OH is 7. The minimum Gasteiger partial charge on any atom is -0.394 e. The predicted molar refractivity (Wildman–Crippen MR) is 273 cm³/mol. The Bertz CT molecular complexity index is 1910. The van der Waals surface area contributed by atoms with Crippen LogP contribution < -0.4 is 31.5 Å². The Kier molecular flexibility index (Phi) is 26.5. The van der Waals surface area contributed by atoms with Gasteiger partial charge in [0.1, 0.15) is 6.61 Å². The van der Waals surface area contributed by atoms with Crippen molar-refractivity contribution < 1.29 is 74.0 Å². The molecule has 346 valence electrons. The molecule has 0 fully saturated rings. The summed E-state index contributed by atoms with van der Waals surface area (Å²) in [6.45, 7) is -5.17. The van der Waals surface area contributed by atoms with E-state index in [1.165, 1.54) is 14.2 Å². The zero-order valence-electron chi connectivity index (χ0n) is 32.7. The number of nitrogens with zero attached hydrogens (tertiary/aromatic N) is 1. The van der Waals surface area contributed by atoms with Crippen molar-refractivity contribution in [2.24, 2.45) is 0 Å². The van der Waals surface area contributed by atoms with E-state index in [2.05, 4.69) is 26.6 Å². The van der Waals surface area contributed by atoms with Gasteiger partial charge in [-0.25, -0.2) is 0 Å². The fraction of sp³-hybridized carbons (Fsp3) is 0.486. The first kappa shape index (κ1) is 57.6. The Balaban J connectivity index is 3.03. The molecule has 27 heteroatoms. The van der Waals surface area contributed by atoms with Crippen LogP contribution in [0.2, 0.25) is 0 Å². The number of Topliss-reactive ketones (excluding diaryl/α,β-unsaturated/α-hetero) is 1. The molecule has 0 spiro atoms. The van der Waals surface area contributed by atoms with Gasteiger partial charge in [0.05, 0.1) is 103 Å². The van der Waals surface area contributed by atoms with E-state index in [0.717, 1.165) is 4.90 Å². The van der Waals surface area contributed by atoms with Crippen molar-refractivity contribution in [3.8, 4) is 0 Å². The molecule has 0 saturated carbocycles. The first-order valence-electron chi connectivity index (χ1n) is 17.8. The highest BCUT2D eigenvalue weighted by molar-refractivity contribution is 14.1. The summed E-state index contributed by atoms with van der Waals surface area (Å²) < 4.78 is 10.5. The SMILES string of the molecule is COCC(=O)Nc1c(I)c(C(=O)CN(C(=O)CNCC(O)COC)c2c(I)c(C(=O)NCC(O)CO)c(I)c(C(=O)NCC(O)CO)c2I)c(I)c(C(=O)NCC(O)CO)c1I. The Morgan fingerprint density at radius 3 is 1.42 bits per heavy atom. The van der Waals surface area contributed by atoms with Crippen molar-refractivity contribution in [1.82, 2.24) is 21.3 Å². The van der Waals surface area contributed by atoms with E-state index in [1.54, 1.807) is 90.4 Å². The van der Waals surface area contributed by atoms with Crippen LogP contribution in [0.15, 0.2) is 0 Å². The number of amides is 5. The number of halogens is 6. The number of carbonyl (C=O) groups is 6. The molecule has 4 unspecified atom stereocenters. The number of carbonyl (C=O) groups excluding carboxylic acids is 6. The zero-order valence-corrected chi connectivity index (χ0v) is 45.6. The Morgan fingerprint density at radius 1 is 0.581 bits per heavy atom. The normalized spacial score (nSPS) is 13.1. The number of rotatable bonds is 25. The standard InChI is InChI=1S/C35H44I6N6O15/c1-61-12-17(54)3-42-7-20(57)47(32-29(40)23(34(59)44-5-15(52)10-49)26(37)24(30(32)41)35(60)45-6-16(53)11-50)8-18(55)21-25(36)22(33(58)43-4-14(51)9-48)28(39)31(27(21)38)46-19(56)13-62-2/h14-17,42,48-54H,3-13H2,1-2H3,(H,43,58)(H,44,59)(H,45,60)(H,46,56). The van der Waals surface area contributed by atoms with Gasteiger partial charge < -0.3 is 76.7 Å². The number of anilines is 2. The van der Waals surface area contributed by atoms with Gasteiger partial charge in [-0.15, -0.1) is 0 Å². The third-order valence-electron chi connectivity index (χ3n) is 8.13. The Labute approximate surface area is 437 Å². The van der Waals surface area contributed by atoms with Crippen LogP contribution in [0.4, 0.5) is 11.4 Å². The minimum atomic E-state index is -1.36. The lowest BCUT2D eigenvalue weighted by Crippen LogP contribution is -2.45. The van der Waals surface area contributed by atoms with Gasteiger partial charge in [0.2, 0.25) is 11.8 Å². The molecule has 0 saturated heterocycles. The van der Waals surface area contributed by atoms with E-state index < -0.39 is 112 Å². The number of methoxy groups -OCH3 is 2. The number of hydrogen-bond acceptors (Lipinski definition) is 16. The van der Waals surface area contributed by atoms with Crippen molar-refractivity contribution in [3.05, 3.63) is 43.7 Å². The molecule has 5 amide bonds. The fourth-order valence-corrected chi connectivity index (χ4v) is 14.4. The van der Waals surface area contributed by atoms with Crippen LogP contribution in [-0.4, -0.2) is 182 Å². The molecule has 0 aliphatic heterocycles. The van der Waals surface area contributed by atoms with E-state index in [-0.39, 0.29) is 74.7 Å². The monoisotopic (exact) mass is 1550 g/mol. The molecule has 0 aliphatic carbocycles. The van der Waals surface area contributed by atoms with Crippen LogP contribution >= 0.6 is 136 Å². The highest BCUT2D eigenvalue weighted by atomic mass is 127. The van der Waals surface area contributed by atoms with E-state index >= 15 is 0 Å².